The standard InChI is InChI=1S/C20H22ClN3OS/c1-3-4-15-5-7-17(8-6-15)14(2)23-20(25)19-9-16(13-26-19)11-24-12-18(21)10-22-24/h5-10,12-14H,3-4,11H2,1-2H3,(H,23,25). The van der Waals surface area contributed by atoms with Crippen LogP contribution in [0.15, 0.2) is 48.1 Å². The SMILES string of the molecule is CCCc1ccc(C(C)NC(=O)c2cc(Cn3cc(Cl)cn3)cs2)cc1. The molecule has 4 nitrogen and oxygen atoms in total. The van der Waals surface area contributed by atoms with Gasteiger partial charge in [-0.2, -0.15) is 5.10 Å². The van der Waals surface area contributed by atoms with E-state index in [0.717, 1.165) is 24.0 Å². The van der Waals surface area contributed by atoms with E-state index in [0.29, 0.717) is 16.4 Å². The molecule has 0 aliphatic carbocycles. The number of rotatable bonds is 7. The van der Waals surface area contributed by atoms with Crippen molar-refractivity contribution in [1.29, 1.82) is 0 Å². The number of halogens is 1. The van der Waals surface area contributed by atoms with Crippen LogP contribution >= 0.6 is 22.9 Å². The van der Waals surface area contributed by atoms with Crippen LogP contribution in [0.3, 0.4) is 0 Å². The maximum Gasteiger partial charge on any atom is 0.261 e. The lowest BCUT2D eigenvalue weighted by molar-refractivity contribution is 0.0944. The Morgan fingerprint density at radius 3 is 2.73 bits per heavy atom. The molecular formula is C20H22ClN3OS. The van der Waals surface area contributed by atoms with Gasteiger partial charge in [-0.3, -0.25) is 9.48 Å². The molecular weight excluding hydrogens is 366 g/mol. The maximum absolute atomic E-state index is 12.5. The van der Waals surface area contributed by atoms with Crippen molar-refractivity contribution in [2.24, 2.45) is 0 Å². The van der Waals surface area contributed by atoms with Crippen molar-refractivity contribution < 1.29 is 4.79 Å². The fourth-order valence-corrected chi connectivity index (χ4v) is 3.76. The molecule has 1 amide bonds. The van der Waals surface area contributed by atoms with Gasteiger partial charge in [0.25, 0.3) is 5.91 Å². The summed E-state index contributed by atoms with van der Waals surface area (Å²) in [7, 11) is 0. The third kappa shape index (κ3) is 4.74. The molecule has 1 N–H and O–H groups in total. The summed E-state index contributed by atoms with van der Waals surface area (Å²) in [6.07, 6.45) is 5.59. The average molecular weight is 388 g/mol. The summed E-state index contributed by atoms with van der Waals surface area (Å²) in [6, 6.07) is 10.3. The Labute approximate surface area is 162 Å². The summed E-state index contributed by atoms with van der Waals surface area (Å²) in [5.41, 5.74) is 3.48. The number of amides is 1. The summed E-state index contributed by atoms with van der Waals surface area (Å²) in [5.74, 6) is -0.0510. The quantitative estimate of drug-likeness (QED) is 0.613. The zero-order valence-corrected chi connectivity index (χ0v) is 16.5. The van der Waals surface area contributed by atoms with Crippen LogP contribution in [0.2, 0.25) is 5.02 Å². The first-order valence-corrected chi connectivity index (χ1v) is 9.96. The highest BCUT2D eigenvalue weighted by molar-refractivity contribution is 7.12. The molecule has 0 spiro atoms. The van der Waals surface area contributed by atoms with Gasteiger partial charge in [0, 0.05) is 6.20 Å². The van der Waals surface area contributed by atoms with Gasteiger partial charge in [0.2, 0.25) is 0 Å². The number of carbonyl (C=O) groups excluding carboxylic acids is 1. The van der Waals surface area contributed by atoms with E-state index in [4.69, 9.17) is 11.6 Å². The summed E-state index contributed by atoms with van der Waals surface area (Å²) in [4.78, 5) is 13.2. The monoisotopic (exact) mass is 387 g/mol. The molecule has 1 atom stereocenters. The first kappa shape index (κ1) is 18.7. The molecule has 2 heterocycles. The second kappa shape index (κ2) is 8.52. The molecule has 3 rings (SSSR count). The van der Waals surface area contributed by atoms with Gasteiger partial charge in [-0.15, -0.1) is 11.3 Å². The highest BCUT2D eigenvalue weighted by Crippen LogP contribution is 2.19. The predicted molar refractivity (Wildman–Crippen MR) is 107 cm³/mol. The molecule has 3 aromatic rings. The number of thiophene rings is 1. The second-order valence-electron chi connectivity index (χ2n) is 6.36. The molecule has 26 heavy (non-hydrogen) atoms. The van der Waals surface area contributed by atoms with Crippen LogP contribution in [-0.4, -0.2) is 15.7 Å². The van der Waals surface area contributed by atoms with Crippen LogP contribution in [-0.2, 0) is 13.0 Å². The Kier molecular flexibility index (Phi) is 6.12. The maximum atomic E-state index is 12.5. The van der Waals surface area contributed by atoms with Crippen molar-refractivity contribution in [3.63, 3.8) is 0 Å². The van der Waals surface area contributed by atoms with E-state index in [2.05, 4.69) is 41.6 Å². The van der Waals surface area contributed by atoms with Crippen molar-refractivity contribution in [3.05, 3.63) is 74.7 Å². The average Bonchev–Trinajstić information content (AvgIpc) is 3.25. The van der Waals surface area contributed by atoms with Gasteiger partial charge in [0.1, 0.15) is 0 Å². The van der Waals surface area contributed by atoms with Crippen LogP contribution in [0.5, 0.6) is 0 Å². The topological polar surface area (TPSA) is 46.9 Å². The third-order valence-corrected chi connectivity index (χ3v) is 5.36. The summed E-state index contributed by atoms with van der Waals surface area (Å²) in [5, 5.41) is 9.82. The van der Waals surface area contributed by atoms with Crippen molar-refractivity contribution in [1.82, 2.24) is 15.1 Å². The van der Waals surface area contributed by atoms with E-state index in [1.807, 2.05) is 18.4 Å². The fraction of sp³-hybridized carbons (Fsp3) is 0.300. The number of carbonyl (C=O) groups is 1. The predicted octanol–water partition coefficient (Wildman–Crippen LogP) is 5.09. The molecule has 1 aromatic carbocycles. The van der Waals surface area contributed by atoms with Crippen LogP contribution < -0.4 is 5.32 Å². The zero-order valence-electron chi connectivity index (χ0n) is 14.9. The highest BCUT2D eigenvalue weighted by Gasteiger charge is 2.14. The van der Waals surface area contributed by atoms with E-state index in [1.54, 1.807) is 17.1 Å². The van der Waals surface area contributed by atoms with Gasteiger partial charge in [-0.05, 0) is 41.5 Å². The molecule has 0 fully saturated rings. The Hall–Kier alpha value is -2.11. The first-order valence-electron chi connectivity index (χ1n) is 8.70. The lowest BCUT2D eigenvalue weighted by Crippen LogP contribution is -2.25. The van der Waals surface area contributed by atoms with Gasteiger partial charge >= 0.3 is 0 Å². The van der Waals surface area contributed by atoms with E-state index in [1.165, 1.54) is 16.9 Å². The molecule has 6 heteroatoms. The highest BCUT2D eigenvalue weighted by atomic mass is 35.5. The van der Waals surface area contributed by atoms with Gasteiger partial charge in [-0.25, -0.2) is 0 Å². The van der Waals surface area contributed by atoms with E-state index in [9.17, 15) is 4.79 Å². The molecule has 1 unspecified atom stereocenters. The van der Waals surface area contributed by atoms with E-state index >= 15 is 0 Å². The molecule has 0 aliphatic rings. The molecule has 136 valence electrons. The lowest BCUT2D eigenvalue weighted by Gasteiger charge is -2.14. The largest absolute Gasteiger partial charge is 0.345 e. The van der Waals surface area contributed by atoms with Gasteiger partial charge < -0.3 is 5.32 Å². The van der Waals surface area contributed by atoms with Gasteiger partial charge in [0.05, 0.1) is 28.7 Å². The molecule has 0 bridgehead atoms. The number of aryl methyl sites for hydroxylation is 1. The van der Waals surface area contributed by atoms with E-state index in [-0.39, 0.29) is 11.9 Å². The first-order chi connectivity index (χ1) is 12.5. The third-order valence-electron chi connectivity index (χ3n) is 4.19. The number of hydrogen-bond acceptors (Lipinski definition) is 3. The van der Waals surface area contributed by atoms with Crippen molar-refractivity contribution >= 4 is 28.8 Å². The number of nitrogens with one attached hydrogen (secondary N) is 1. The van der Waals surface area contributed by atoms with Gasteiger partial charge in [-0.1, -0.05) is 49.2 Å². The smallest absolute Gasteiger partial charge is 0.261 e. The molecule has 0 radical (unpaired) electrons. The fourth-order valence-electron chi connectivity index (χ4n) is 2.80. The minimum absolute atomic E-state index is 0.0337. The van der Waals surface area contributed by atoms with E-state index < -0.39 is 0 Å². The Bertz CT molecular complexity index is 869. The Morgan fingerprint density at radius 2 is 2.08 bits per heavy atom. The van der Waals surface area contributed by atoms with Gasteiger partial charge in [0.15, 0.2) is 0 Å². The lowest BCUT2D eigenvalue weighted by atomic mass is 10.0. The number of hydrogen-bond donors (Lipinski definition) is 1. The summed E-state index contributed by atoms with van der Waals surface area (Å²) in [6.45, 7) is 4.78. The number of nitrogens with zero attached hydrogens (tertiary/aromatic N) is 2. The minimum Gasteiger partial charge on any atom is -0.345 e. The zero-order chi connectivity index (χ0) is 18.5. The normalized spacial score (nSPS) is 12.1. The number of aromatic nitrogens is 2. The summed E-state index contributed by atoms with van der Waals surface area (Å²) >= 11 is 7.32. The number of benzene rings is 1. The van der Waals surface area contributed by atoms with Crippen LogP contribution in [0, 0.1) is 0 Å². The molecule has 0 saturated carbocycles. The second-order valence-corrected chi connectivity index (χ2v) is 7.71. The Balaban J connectivity index is 1.60. The summed E-state index contributed by atoms with van der Waals surface area (Å²) < 4.78 is 1.76. The molecule has 0 aliphatic heterocycles. The Morgan fingerprint density at radius 1 is 1.31 bits per heavy atom. The van der Waals surface area contributed by atoms with Crippen molar-refractivity contribution in [2.75, 3.05) is 0 Å². The van der Waals surface area contributed by atoms with Crippen molar-refractivity contribution in [3.8, 4) is 0 Å². The molecule has 2 aromatic heterocycles. The van der Waals surface area contributed by atoms with Crippen LogP contribution in [0.25, 0.3) is 0 Å². The minimum atomic E-state index is -0.0510. The van der Waals surface area contributed by atoms with Crippen LogP contribution in [0.1, 0.15) is 52.7 Å². The molecule has 0 saturated heterocycles. The van der Waals surface area contributed by atoms with Crippen LogP contribution in [0.4, 0.5) is 0 Å². The van der Waals surface area contributed by atoms with Crippen molar-refractivity contribution in [2.45, 2.75) is 39.3 Å².